The van der Waals surface area contributed by atoms with Crippen LogP contribution in [0.3, 0.4) is 0 Å². The van der Waals surface area contributed by atoms with Crippen molar-refractivity contribution in [3.63, 3.8) is 0 Å². The highest BCUT2D eigenvalue weighted by molar-refractivity contribution is 5.91. The largest absolute Gasteiger partial charge is 0.388 e. The van der Waals surface area contributed by atoms with Crippen molar-refractivity contribution in [1.29, 1.82) is 0 Å². The number of fused-ring (bicyclic) bond motifs is 1. The molecule has 0 atom stereocenters. The number of pyridine rings is 1. The van der Waals surface area contributed by atoms with E-state index in [-0.39, 0.29) is 5.82 Å². The van der Waals surface area contributed by atoms with Crippen LogP contribution in [-0.4, -0.2) is 22.2 Å². The van der Waals surface area contributed by atoms with Crippen molar-refractivity contribution in [2.24, 2.45) is 0 Å². The molecule has 2 N–H and O–H groups in total. The Morgan fingerprint density at radius 1 is 1.24 bits per heavy atom. The molecule has 0 amide bonds. The molecule has 1 aromatic carbocycles. The quantitative estimate of drug-likeness (QED) is 0.903. The molecule has 1 saturated carbocycles. The van der Waals surface area contributed by atoms with Gasteiger partial charge < -0.3 is 10.4 Å². The fourth-order valence-electron chi connectivity index (χ4n) is 3.12. The molecule has 0 radical (unpaired) electrons. The first-order valence-corrected chi connectivity index (χ1v) is 7.59. The number of nitrogens with zero attached hydrogens (tertiary/aromatic N) is 1. The molecule has 1 fully saturated rings. The topological polar surface area (TPSA) is 45.1 Å². The average Bonchev–Trinajstić information content (AvgIpc) is 2.46. The van der Waals surface area contributed by atoms with Gasteiger partial charge in [0.05, 0.1) is 11.1 Å². The number of anilines is 1. The van der Waals surface area contributed by atoms with Crippen molar-refractivity contribution in [3.05, 3.63) is 35.8 Å². The van der Waals surface area contributed by atoms with Gasteiger partial charge in [0, 0.05) is 23.3 Å². The van der Waals surface area contributed by atoms with Crippen LogP contribution in [0.5, 0.6) is 0 Å². The van der Waals surface area contributed by atoms with Gasteiger partial charge in [-0.25, -0.2) is 4.39 Å². The molecule has 0 bridgehead atoms. The van der Waals surface area contributed by atoms with Crippen LogP contribution in [-0.2, 0) is 0 Å². The Morgan fingerprint density at radius 3 is 2.76 bits per heavy atom. The van der Waals surface area contributed by atoms with Gasteiger partial charge in [0.1, 0.15) is 5.82 Å². The van der Waals surface area contributed by atoms with E-state index in [2.05, 4.69) is 10.3 Å². The highest BCUT2D eigenvalue weighted by Crippen LogP contribution is 2.30. The van der Waals surface area contributed by atoms with Gasteiger partial charge in [0.25, 0.3) is 0 Å². The van der Waals surface area contributed by atoms with Crippen molar-refractivity contribution in [2.75, 3.05) is 11.9 Å². The molecule has 0 unspecified atom stereocenters. The lowest BCUT2D eigenvalue weighted by molar-refractivity contribution is 0.0167. The molecule has 0 saturated heterocycles. The maximum Gasteiger partial charge on any atom is 0.124 e. The number of nitrogens with one attached hydrogen (secondary N) is 1. The van der Waals surface area contributed by atoms with E-state index >= 15 is 0 Å². The lowest BCUT2D eigenvalue weighted by Crippen LogP contribution is -2.38. The molecule has 1 aliphatic rings. The SMILES string of the molecule is Cc1cc(NCC2(O)CCCCC2)c2cc(F)ccc2n1. The van der Waals surface area contributed by atoms with Crippen LogP contribution >= 0.6 is 0 Å². The van der Waals surface area contributed by atoms with Crippen molar-refractivity contribution < 1.29 is 9.50 Å². The van der Waals surface area contributed by atoms with Gasteiger partial charge in [0.2, 0.25) is 0 Å². The minimum atomic E-state index is -0.644. The second-order valence-corrected chi connectivity index (χ2v) is 6.11. The number of hydrogen-bond acceptors (Lipinski definition) is 3. The van der Waals surface area contributed by atoms with Crippen molar-refractivity contribution >= 4 is 16.6 Å². The van der Waals surface area contributed by atoms with E-state index in [1.54, 1.807) is 6.07 Å². The third-order valence-corrected chi connectivity index (χ3v) is 4.29. The Morgan fingerprint density at radius 2 is 2.00 bits per heavy atom. The van der Waals surface area contributed by atoms with Crippen LogP contribution in [0, 0.1) is 12.7 Å². The number of rotatable bonds is 3. The van der Waals surface area contributed by atoms with Gasteiger partial charge in [-0.3, -0.25) is 4.98 Å². The van der Waals surface area contributed by atoms with Crippen LogP contribution in [0.1, 0.15) is 37.8 Å². The van der Waals surface area contributed by atoms with Crippen LogP contribution in [0.2, 0.25) is 0 Å². The van der Waals surface area contributed by atoms with Crippen LogP contribution in [0.15, 0.2) is 24.3 Å². The summed E-state index contributed by atoms with van der Waals surface area (Å²) in [4.78, 5) is 4.42. The molecular weight excluding hydrogens is 267 g/mol. The summed E-state index contributed by atoms with van der Waals surface area (Å²) in [6.07, 6.45) is 5.00. The predicted octanol–water partition coefficient (Wildman–Crippen LogP) is 3.79. The second-order valence-electron chi connectivity index (χ2n) is 6.11. The fourth-order valence-corrected chi connectivity index (χ4v) is 3.12. The summed E-state index contributed by atoms with van der Waals surface area (Å²) in [5.74, 6) is -0.271. The molecule has 1 heterocycles. The standard InChI is InChI=1S/C17H21FN2O/c1-12-9-16(14-10-13(18)5-6-15(14)20-12)19-11-17(21)7-3-2-4-8-17/h5-6,9-10,21H,2-4,7-8,11H2,1H3,(H,19,20). The average molecular weight is 288 g/mol. The van der Waals surface area contributed by atoms with Crippen LogP contribution < -0.4 is 5.32 Å². The van der Waals surface area contributed by atoms with Gasteiger partial charge in [-0.2, -0.15) is 0 Å². The van der Waals surface area contributed by atoms with Crippen LogP contribution in [0.4, 0.5) is 10.1 Å². The minimum absolute atomic E-state index is 0.271. The fraction of sp³-hybridized carbons (Fsp3) is 0.471. The molecule has 0 spiro atoms. The van der Waals surface area contributed by atoms with Crippen molar-refractivity contribution in [3.8, 4) is 0 Å². The summed E-state index contributed by atoms with van der Waals surface area (Å²) in [6.45, 7) is 2.42. The number of aryl methyl sites for hydroxylation is 1. The smallest absolute Gasteiger partial charge is 0.124 e. The van der Waals surface area contributed by atoms with Gasteiger partial charge in [-0.1, -0.05) is 19.3 Å². The Labute approximate surface area is 124 Å². The van der Waals surface area contributed by atoms with E-state index in [0.29, 0.717) is 6.54 Å². The molecule has 1 aliphatic carbocycles. The lowest BCUT2D eigenvalue weighted by Gasteiger charge is -2.32. The monoisotopic (exact) mass is 288 g/mol. The van der Waals surface area contributed by atoms with Crippen molar-refractivity contribution in [2.45, 2.75) is 44.6 Å². The van der Waals surface area contributed by atoms with Crippen molar-refractivity contribution in [1.82, 2.24) is 4.98 Å². The summed E-state index contributed by atoms with van der Waals surface area (Å²) < 4.78 is 13.5. The maximum absolute atomic E-state index is 13.5. The van der Waals surface area contributed by atoms with Gasteiger partial charge in [-0.15, -0.1) is 0 Å². The van der Waals surface area contributed by atoms with Gasteiger partial charge in [0.15, 0.2) is 0 Å². The number of aromatic nitrogens is 1. The molecule has 1 aromatic heterocycles. The first-order chi connectivity index (χ1) is 10.1. The van der Waals surface area contributed by atoms with E-state index in [1.807, 2.05) is 13.0 Å². The third kappa shape index (κ3) is 3.16. The van der Waals surface area contributed by atoms with E-state index in [9.17, 15) is 9.50 Å². The zero-order valence-electron chi connectivity index (χ0n) is 12.3. The Bertz CT molecular complexity index is 651. The molecule has 3 nitrogen and oxygen atoms in total. The summed E-state index contributed by atoms with van der Waals surface area (Å²) in [6, 6.07) is 6.52. The van der Waals surface area contributed by atoms with Gasteiger partial charge >= 0.3 is 0 Å². The Kier molecular flexibility index (Phi) is 3.81. The first-order valence-electron chi connectivity index (χ1n) is 7.59. The number of halogens is 1. The summed E-state index contributed by atoms with van der Waals surface area (Å²) in [5, 5.41) is 14.6. The second kappa shape index (κ2) is 5.60. The molecule has 112 valence electrons. The number of benzene rings is 1. The number of hydrogen-bond donors (Lipinski definition) is 2. The van der Waals surface area contributed by atoms with E-state index < -0.39 is 5.60 Å². The molecule has 4 heteroatoms. The summed E-state index contributed by atoms with van der Waals surface area (Å²) in [7, 11) is 0. The predicted molar refractivity (Wildman–Crippen MR) is 83.0 cm³/mol. The minimum Gasteiger partial charge on any atom is -0.388 e. The molecule has 0 aliphatic heterocycles. The molecule has 21 heavy (non-hydrogen) atoms. The first kappa shape index (κ1) is 14.3. The summed E-state index contributed by atoms with van der Waals surface area (Å²) in [5.41, 5.74) is 1.85. The molecular formula is C17H21FN2O. The maximum atomic E-state index is 13.5. The highest BCUT2D eigenvalue weighted by atomic mass is 19.1. The van der Waals surface area contributed by atoms with E-state index in [4.69, 9.17) is 0 Å². The molecule has 2 aromatic rings. The zero-order valence-corrected chi connectivity index (χ0v) is 12.3. The van der Waals surface area contributed by atoms with Crippen LogP contribution in [0.25, 0.3) is 10.9 Å². The van der Waals surface area contributed by atoms with Gasteiger partial charge in [-0.05, 0) is 44.0 Å². The highest BCUT2D eigenvalue weighted by Gasteiger charge is 2.28. The molecule has 3 rings (SSSR count). The normalized spacial score (nSPS) is 17.9. The van der Waals surface area contributed by atoms with E-state index in [1.165, 1.54) is 18.6 Å². The van der Waals surface area contributed by atoms with E-state index in [0.717, 1.165) is 48.0 Å². The Hall–Kier alpha value is -1.68. The number of aliphatic hydroxyl groups is 1. The Balaban J connectivity index is 1.87. The zero-order chi connectivity index (χ0) is 14.9. The lowest BCUT2D eigenvalue weighted by atomic mass is 9.85. The summed E-state index contributed by atoms with van der Waals surface area (Å²) >= 11 is 0. The third-order valence-electron chi connectivity index (χ3n) is 4.29.